The van der Waals surface area contributed by atoms with Gasteiger partial charge in [0.1, 0.15) is 0 Å². The molecule has 1 unspecified atom stereocenters. The van der Waals surface area contributed by atoms with E-state index in [2.05, 4.69) is 23.5 Å². The van der Waals surface area contributed by atoms with Crippen molar-refractivity contribution in [2.45, 2.75) is 6.92 Å². The average Bonchev–Trinajstić information content (AvgIpc) is 2.49. The van der Waals surface area contributed by atoms with Crippen LogP contribution in [0.1, 0.15) is 6.92 Å². The highest BCUT2D eigenvalue weighted by molar-refractivity contribution is 5.75. The molecule has 1 amide bonds. The van der Waals surface area contributed by atoms with Crippen LogP contribution < -0.4 is 5.32 Å². The number of hydrogen-bond acceptors (Lipinski definition) is 1. The second-order valence-corrected chi connectivity index (χ2v) is 3.21. The van der Waals surface area contributed by atoms with E-state index in [0.29, 0.717) is 5.92 Å². The van der Waals surface area contributed by atoms with Crippen LogP contribution in [-0.4, -0.2) is 5.91 Å². The van der Waals surface area contributed by atoms with E-state index in [9.17, 15) is 4.79 Å². The largest absolute Gasteiger partial charge is 0.327 e. The molecule has 0 aromatic carbocycles. The van der Waals surface area contributed by atoms with E-state index < -0.39 is 0 Å². The molecule has 0 radical (unpaired) electrons. The summed E-state index contributed by atoms with van der Waals surface area (Å²) >= 11 is 0. The standard InChI is InChI=1S/C11H11NO/c1-8(13)12-11-6-5-9-3-2-4-10(9)7-11/h2-7,10H,1H3,(H,12,13). The maximum atomic E-state index is 10.8. The quantitative estimate of drug-likeness (QED) is 0.642. The first kappa shape index (κ1) is 8.05. The van der Waals surface area contributed by atoms with Gasteiger partial charge in [-0.05, 0) is 17.7 Å². The topological polar surface area (TPSA) is 29.1 Å². The Morgan fingerprint density at radius 3 is 3.08 bits per heavy atom. The predicted octanol–water partition coefficient (Wildman–Crippen LogP) is 1.69. The van der Waals surface area contributed by atoms with Crippen LogP contribution in [0, 0.1) is 5.92 Å². The van der Waals surface area contributed by atoms with E-state index in [-0.39, 0.29) is 5.91 Å². The van der Waals surface area contributed by atoms with Crippen LogP contribution in [0.4, 0.5) is 0 Å². The van der Waals surface area contributed by atoms with Gasteiger partial charge in [-0.2, -0.15) is 0 Å². The molecule has 0 heterocycles. The zero-order valence-electron chi connectivity index (χ0n) is 7.45. The predicted molar refractivity (Wildman–Crippen MR) is 51.8 cm³/mol. The van der Waals surface area contributed by atoms with Gasteiger partial charge in [-0.3, -0.25) is 4.79 Å². The van der Waals surface area contributed by atoms with Crippen molar-refractivity contribution in [1.29, 1.82) is 0 Å². The Kier molecular flexibility index (Phi) is 1.89. The van der Waals surface area contributed by atoms with Gasteiger partial charge in [-0.1, -0.05) is 24.3 Å². The van der Waals surface area contributed by atoms with Gasteiger partial charge in [0.2, 0.25) is 5.91 Å². The monoisotopic (exact) mass is 173 g/mol. The molecule has 13 heavy (non-hydrogen) atoms. The van der Waals surface area contributed by atoms with Gasteiger partial charge in [-0.25, -0.2) is 0 Å². The third-order valence-electron chi connectivity index (χ3n) is 2.13. The van der Waals surface area contributed by atoms with Gasteiger partial charge < -0.3 is 5.32 Å². The van der Waals surface area contributed by atoms with Gasteiger partial charge in [0.15, 0.2) is 0 Å². The first-order valence-electron chi connectivity index (χ1n) is 4.31. The Hall–Kier alpha value is -1.57. The highest BCUT2D eigenvalue weighted by Crippen LogP contribution is 2.26. The van der Waals surface area contributed by atoms with Crippen LogP contribution >= 0.6 is 0 Å². The normalized spacial score (nSPS) is 23.6. The van der Waals surface area contributed by atoms with Crippen molar-refractivity contribution in [3.8, 4) is 0 Å². The summed E-state index contributed by atoms with van der Waals surface area (Å²) in [6.45, 7) is 1.52. The Balaban J connectivity index is 2.16. The number of allylic oxidation sites excluding steroid dienone is 7. The summed E-state index contributed by atoms with van der Waals surface area (Å²) in [5.41, 5.74) is 2.18. The smallest absolute Gasteiger partial charge is 0.221 e. The SMILES string of the molecule is CC(=O)NC1=CC2C=CC=C2C=C1. The van der Waals surface area contributed by atoms with Gasteiger partial charge in [0.05, 0.1) is 0 Å². The molecule has 0 saturated carbocycles. The number of fused-ring (bicyclic) bond motifs is 1. The van der Waals surface area contributed by atoms with Crippen LogP contribution in [0.15, 0.2) is 47.7 Å². The minimum absolute atomic E-state index is 0.0229. The summed E-state index contributed by atoms with van der Waals surface area (Å²) in [7, 11) is 0. The van der Waals surface area contributed by atoms with Gasteiger partial charge in [0.25, 0.3) is 0 Å². The zero-order valence-corrected chi connectivity index (χ0v) is 7.45. The Morgan fingerprint density at radius 2 is 2.31 bits per heavy atom. The third kappa shape index (κ3) is 1.61. The second kappa shape index (κ2) is 3.05. The lowest BCUT2D eigenvalue weighted by Crippen LogP contribution is -2.20. The van der Waals surface area contributed by atoms with Crippen LogP contribution in [0.25, 0.3) is 0 Å². The molecule has 0 fully saturated rings. The van der Waals surface area contributed by atoms with E-state index in [4.69, 9.17) is 0 Å². The van der Waals surface area contributed by atoms with E-state index in [1.165, 1.54) is 12.5 Å². The lowest BCUT2D eigenvalue weighted by atomic mass is 9.96. The summed E-state index contributed by atoms with van der Waals surface area (Å²) in [6.07, 6.45) is 12.3. The highest BCUT2D eigenvalue weighted by Gasteiger charge is 2.14. The summed E-state index contributed by atoms with van der Waals surface area (Å²) in [6, 6.07) is 0. The van der Waals surface area contributed by atoms with Gasteiger partial charge >= 0.3 is 0 Å². The Bertz CT molecular complexity index is 358. The fraction of sp³-hybridized carbons (Fsp3) is 0.182. The highest BCUT2D eigenvalue weighted by atomic mass is 16.1. The average molecular weight is 173 g/mol. The maximum Gasteiger partial charge on any atom is 0.221 e. The van der Waals surface area contributed by atoms with Crippen molar-refractivity contribution in [3.63, 3.8) is 0 Å². The molecule has 1 N–H and O–H groups in total. The Labute approximate surface area is 77.3 Å². The number of carbonyl (C=O) groups excluding carboxylic acids is 1. The first-order chi connectivity index (χ1) is 6.25. The minimum Gasteiger partial charge on any atom is -0.327 e. The number of amides is 1. The molecule has 0 aromatic rings. The molecular weight excluding hydrogens is 162 g/mol. The van der Waals surface area contributed by atoms with Crippen LogP contribution in [-0.2, 0) is 4.79 Å². The van der Waals surface area contributed by atoms with Crippen molar-refractivity contribution < 1.29 is 4.79 Å². The number of carbonyl (C=O) groups is 1. The Morgan fingerprint density at radius 1 is 1.46 bits per heavy atom. The number of rotatable bonds is 1. The van der Waals surface area contributed by atoms with Crippen LogP contribution in [0.3, 0.4) is 0 Å². The molecule has 2 rings (SSSR count). The maximum absolute atomic E-state index is 10.8. The molecule has 0 aromatic heterocycles. The lowest BCUT2D eigenvalue weighted by molar-refractivity contribution is -0.118. The van der Waals surface area contributed by atoms with Crippen LogP contribution in [0.5, 0.6) is 0 Å². The first-order valence-corrected chi connectivity index (χ1v) is 4.31. The van der Waals surface area contributed by atoms with Gasteiger partial charge in [0, 0.05) is 18.5 Å². The fourth-order valence-corrected chi connectivity index (χ4v) is 1.55. The summed E-state index contributed by atoms with van der Waals surface area (Å²) in [5.74, 6) is 0.331. The van der Waals surface area contributed by atoms with E-state index in [1.807, 2.05) is 18.2 Å². The lowest BCUT2D eigenvalue weighted by Gasteiger charge is -2.13. The molecule has 2 aliphatic carbocycles. The van der Waals surface area contributed by atoms with Crippen molar-refractivity contribution in [1.82, 2.24) is 5.32 Å². The molecule has 0 saturated heterocycles. The van der Waals surface area contributed by atoms with Crippen molar-refractivity contribution in [2.24, 2.45) is 5.92 Å². The molecule has 0 bridgehead atoms. The van der Waals surface area contributed by atoms with Crippen molar-refractivity contribution in [3.05, 3.63) is 47.7 Å². The summed E-state index contributed by atoms with van der Waals surface area (Å²) < 4.78 is 0. The van der Waals surface area contributed by atoms with Crippen molar-refractivity contribution in [2.75, 3.05) is 0 Å². The molecule has 0 spiro atoms. The number of hydrogen-bond donors (Lipinski definition) is 1. The number of nitrogens with one attached hydrogen (secondary N) is 1. The molecule has 0 aliphatic heterocycles. The molecule has 2 aliphatic rings. The molecule has 1 atom stereocenters. The van der Waals surface area contributed by atoms with Crippen molar-refractivity contribution >= 4 is 5.91 Å². The zero-order chi connectivity index (χ0) is 9.26. The third-order valence-corrected chi connectivity index (χ3v) is 2.13. The fourth-order valence-electron chi connectivity index (χ4n) is 1.55. The molecule has 66 valence electrons. The molecular formula is C11H11NO. The van der Waals surface area contributed by atoms with E-state index >= 15 is 0 Å². The second-order valence-electron chi connectivity index (χ2n) is 3.21. The molecule has 2 heteroatoms. The molecule has 2 nitrogen and oxygen atoms in total. The van der Waals surface area contributed by atoms with E-state index in [1.54, 1.807) is 0 Å². The van der Waals surface area contributed by atoms with Gasteiger partial charge in [-0.15, -0.1) is 0 Å². The van der Waals surface area contributed by atoms with Crippen LogP contribution in [0.2, 0.25) is 0 Å². The minimum atomic E-state index is -0.0229. The summed E-state index contributed by atoms with van der Waals surface area (Å²) in [4.78, 5) is 10.8. The van der Waals surface area contributed by atoms with E-state index in [0.717, 1.165) is 5.70 Å². The summed E-state index contributed by atoms with van der Waals surface area (Å²) in [5, 5.41) is 2.77.